The summed E-state index contributed by atoms with van der Waals surface area (Å²) >= 11 is 0. The molecule has 1 unspecified atom stereocenters. The van der Waals surface area contributed by atoms with Crippen molar-refractivity contribution in [3.05, 3.63) is 71.5 Å². The van der Waals surface area contributed by atoms with Gasteiger partial charge in [0.1, 0.15) is 5.82 Å². The van der Waals surface area contributed by atoms with E-state index in [1.54, 1.807) is 18.2 Å². The largest absolute Gasteiger partial charge is 0.338 e. The van der Waals surface area contributed by atoms with Crippen LogP contribution in [0.1, 0.15) is 43.7 Å². The molecule has 1 aliphatic rings. The van der Waals surface area contributed by atoms with Crippen LogP contribution in [0.25, 0.3) is 0 Å². The summed E-state index contributed by atoms with van der Waals surface area (Å²) in [5.74, 6) is 2.00. The van der Waals surface area contributed by atoms with Crippen LogP contribution in [0.3, 0.4) is 0 Å². The predicted octanol–water partition coefficient (Wildman–Crippen LogP) is 4.64. The summed E-state index contributed by atoms with van der Waals surface area (Å²) in [5, 5.41) is 8.88. The lowest BCUT2D eigenvalue weighted by molar-refractivity contribution is 0.192. The lowest BCUT2D eigenvalue weighted by atomic mass is 9.92. The van der Waals surface area contributed by atoms with Crippen LogP contribution in [0.5, 0.6) is 0 Å². The summed E-state index contributed by atoms with van der Waals surface area (Å²) in [6.45, 7) is 4.17. The minimum Gasteiger partial charge on any atom is -0.328 e. The number of nitrogens with zero attached hydrogens (tertiary/aromatic N) is 2. The standard InChI is InChI=1S/C23H24FN3O/c1-4-5-15-21-19(18-13-9-10-14-20(18)24)16-27(26-21)22(28)25-23(2,3)17-11-7-6-8-12-17/h1,6-14,19H,5,15-16H2,2-3H3,(H,25,28). The van der Waals surface area contributed by atoms with Crippen molar-refractivity contribution in [3.8, 4) is 12.3 Å². The SMILES string of the molecule is C#CCCC1=NN(C(=O)NC(C)(C)c2ccccc2)CC1c1ccccc1F. The molecule has 2 aromatic carbocycles. The third-order valence-corrected chi connectivity index (χ3v) is 4.96. The van der Waals surface area contributed by atoms with Gasteiger partial charge in [-0.05, 0) is 37.5 Å². The van der Waals surface area contributed by atoms with E-state index in [1.807, 2.05) is 44.2 Å². The normalized spacial score (nSPS) is 16.4. The Morgan fingerprint density at radius 3 is 2.61 bits per heavy atom. The Bertz CT molecular complexity index is 915. The molecule has 1 heterocycles. The number of urea groups is 1. The van der Waals surface area contributed by atoms with Gasteiger partial charge < -0.3 is 5.32 Å². The lowest BCUT2D eigenvalue weighted by Crippen LogP contribution is -2.46. The minimum atomic E-state index is -0.567. The molecule has 0 spiro atoms. The Morgan fingerprint density at radius 2 is 1.93 bits per heavy atom. The van der Waals surface area contributed by atoms with Crippen LogP contribution in [0, 0.1) is 18.2 Å². The number of terminal acetylenes is 1. The number of hydrogen-bond donors (Lipinski definition) is 1. The van der Waals surface area contributed by atoms with Gasteiger partial charge in [0.05, 0.1) is 12.1 Å². The van der Waals surface area contributed by atoms with Gasteiger partial charge in [-0.25, -0.2) is 14.2 Å². The average molecular weight is 377 g/mol. The predicted molar refractivity (Wildman–Crippen MR) is 109 cm³/mol. The van der Waals surface area contributed by atoms with Crippen molar-refractivity contribution < 1.29 is 9.18 Å². The fourth-order valence-corrected chi connectivity index (χ4v) is 3.39. The van der Waals surface area contributed by atoms with Crippen LogP contribution in [0.2, 0.25) is 0 Å². The van der Waals surface area contributed by atoms with Gasteiger partial charge in [-0.2, -0.15) is 5.10 Å². The maximum atomic E-state index is 14.3. The number of amides is 2. The third kappa shape index (κ3) is 4.23. The van der Waals surface area contributed by atoms with Gasteiger partial charge in [-0.3, -0.25) is 0 Å². The van der Waals surface area contributed by atoms with Crippen LogP contribution >= 0.6 is 0 Å². The Kier molecular flexibility index (Phi) is 5.79. The van der Waals surface area contributed by atoms with Crippen LogP contribution in [-0.2, 0) is 5.54 Å². The maximum absolute atomic E-state index is 14.3. The summed E-state index contributed by atoms with van der Waals surface area (Å²) in [4.78, 5) is 12.9. The van der Waals surface area contributed by atoms with Gasteiger partial charge in [-0.1, -0.05) is 48.5 Å². The molecular weight excluding hydrogens is 353 g/mol. The highest BCUT2D eigenvalue weighted by atomic mass is 19.1. The zero-order valence-electron chi connectivity index (χ0n) is 16.2. The van der Waals surface area contributed by atoms with E-state index in [0.29, 0.717) is 18.4 Å². The Balaban J connectivity index is 1.80. The molecule has 0 fully saturated rings. The topological polar surface area (TPSA) is 44.7 Å². The van der Waals surface area contributed by atoms with Gasteiger partial charge in [0.2, 0.25) is 0 Å². The van der Waals surface area contributed by atoms with Gasteiger partial charge >= 0.3 is 6.03 Å². The van der Waals surface area contributed by atoms with E-state index in [-0.39, 0.29) is 24.3 Å². The minimum absolute atomic E-state index is 0.289. The van der Waals surface area contributed by atoms with Gasteiger partial charge in [0.15, 0.2) is 0 Å². The van der Waals surface area contributed by atoms with Crippen LogP contribution in [0.15, 0.2) is 59.7 Å². The van der Waals surface area contributed by atoms with E-state index in [2.05, 4.69) is 16.3 Å². The molecule has 0 aliphatic carbocycles. The fraction of sp³-hybridized carbons (Fsp3) is 0.304. The molecular formula is C23H24FN3O. The Morgan fingerprint density at radius 1 is 1.25 bits per heavy atom. The third-order valence-electron chi connectivity index (χ3n) is 4.96. The zero-order chi connectivity index (χ0) is 20.1. The van der Waals surface area contributed by atoms with Gasteiger partial charge in [0, 0.05) is 18.1 Å². The Hall–Kier alpha value is -3.13. The van der Waals surface area contributed by atoms with Gasteiger partial charge in [-0.15, -0.1) is 12.3 Å². The lowest BCUT2D eigenvalue weighted by Gasteiger charge is -2.28. The second-order valence-corrected chi connectivity index (χ2v) is 7.37. The van der Waals surface area contributed by atoms with E-state index in [9.17, 15) is 9.18 Å². The number of hydrogen-bond acceptors (Lipinski definition) is 2. The number of hydrazone groups is 1. The molecule has 0 bridgehead atoms. The van der Waals surface area contributed by atoms with E-state index >= 15 is 0 Å². The molecule has 3 rings (SSSR count). The van der Waals surface area contributed by atoms with Crippen molar-refractivity contribution in [1.82, 2.24) is 10.3 Å². The molecule has 2 aromatic rings. The summed E-state index contributed by atoms with van der Waals surface area (Å²) < 4.78 is 14.3. The molecule has 1 atom stereocenters. The van der Waals surface area contributed by atoms with Crippen molar-refractivity contribution in [1.29, 1.82) is 0 Å². The highest BCUT2D eigenvalue weighted by Crippen LogP contribution is 2.30. The second kappa shape index (κ2) is 8.26. The molecule has 28 heavy (non-hydrogen) atoms. The molecule has 1 N–H and O–H groups in total. The number of nitrogens with one attached hydrogen (secondary N) is 1. The molecule has 5 heteroatoms. The molecule has 4 nitrogen and oxygen atoms in total. The van der Waals surface area contributed by atoms with Crippen molar-refractivity contribution in [3.63, 3.8) is 0 Å². The molecule has 2 amide bonds. The van der Waals surface area contributed by atoms with E-state index < -0.39 is 5.54 Å². The van der Waals surface area contributed by atoms with E-state index in [0.717, 1.165) is 11.3 Å². The summed E-state index contributed by atoms with van der Waals surface area (Å²) in [5.41, 5.74) is 1.69. The molecule has 0 saturated heterocycles. The molecule has 144 valence electrons. The number of carbonyl (C=O) groups is 1. The quantitative estimate of drug-likeness (QED) is 0.758. The first-order valence-electron chi connectivity index (χ1n) is 9.33. The average Bonchev–Trinajstić information content (AvgIpc) is 3.11. The van der Waals surface area contributed by atoms with E-state index in [1.165, 1.54) is 11.1 Å². The van der Waals surface area contributed by atoms with Crippen molar-refractivity contribution in [2.45, 2.75) is 38.1 Å². The van der Waals surface area contributed by atoms with Crippen LogP contribution < -0.4 is 5.32 Å². The maximum Gasteiger partial charge on any atom is 0.338 e. The summed E-state index contributed by atoms with van der Waals surface area (Å²) in [6.07, 6.45) is 6.41. The Labute approximate surface area is 165 Å². The highest BCUT2D eigenvalue weighted by Gasteiger charge is 2.34. The number of halogens is 1. The molecule has 0 saturated carbocycles. The van der Waals surface area contributed by atoms with Crippen molar-refractivity contribution in [2.24, 2.45) is 5.10 Å². The van der Waals surface area contributed by atoms with Gasteiger partial charge in [0.25, 0.3) is 0 Å². The molecule has 0 radical (unpaired) electrons. The van der Waals surface area contributed by atoms with Crippen molar-refractivity contribution >= 4 is 11.7 Å². The van der Waals surface area contributed by atoms with Crippen LogP contribution in [0.4, 0.5) is 9.18 Å². The second-order valence-electron chi connectivity index (χ2n) is 7.37. The molecule has 1 aliphatic heterocycles. The highest BCUT2D eigenvalue weighted by molar-refractivity contribution is 5.95. The first kappa shape index (κ1) is 19.6. The zero-order valence-corrected chi connectivity index (χ0v) is 16.2. The summed E-state index contributed by atoms with van der Waals surface area (Å²) in [7, 11) is 0. The molecule has 0 aromatic heterocycles. The number of carbonyl (C=O) groups excluding carboxylic acids is 1. The number of rotatable bonds is 5. The fourth-order valence-electron chi connectivity index (χ4n) is 3.39. The summed E-state index contributed by atoms with van der Waals surface area (Å²) in [6, 6.07) is 16.0. The van der Waals surface area contributed by atoms with Crippen LogP contribution in [-0.4, -0.2) is 23.3 Å². The van der Waals surface area contributed by atoms with E-state index in [4.69, 9.17) is 6.42 Å². The monoisotopic (exact) mass is 377 g/mol. The number of benzene rings is 2. The van der Waals surface area contributed by atoms with Crippen molar-refractivity contribution in [2.75, 3.05) is 6.54 Å². The first-order valence-corrected chi connectivity index (χ1v) is 9.33. The first-order chi connectivity index (χ1) is 13.4. The smallest absolute Gasteiger partial charge is 0.328 e.